The Morgan fingerprint density at radius 3 is 0.991 bits per heavy atom. The van der Waals surface area contributed by atoms with Gasteiger partial charge in [0, 0.05) is 77.0 Å². The van der Waals surface area contributed by atoms with Crippen LogP contribution in [0.4, 0.5) is 34.1 Å². The van der Waals surface area contributed by atoms with Crippen molar-refractivity contribution in [1.29, 1.82) is 0 Å². The summed E-state index contributed by atoms with van der Waals surface area (Å²) in [5.41, 5.74) is 33.9. The average Bonchev–Trinajstić information content (AvgIpc) is 1.53. The predicted molar refractivity (Wildman–Crippen MR) is 483 cm³/mol. The molecular formula is C110H80N4. The second kappa shape index (κ2) is 27.3. The standard InChI is InChI=1S/C61H44N2.C49H36N2/c1-61(2)54-24-13-11-23-51(54)52-39-37-48(40-55(52)61)62(56-25-14-12-21-49(56)46-30-28-43(29-31-46)41-16-5-3-6-17-41)57-26-15-27-58-59(57)53-38-34-45-20-9-10-22-50(45)60(53)63(58)47-35-32-44(33-36-47)42-18-7-4-8-19-42;1-49(2)42-24-13-11-23-39(42)40-31-29-36(32-43(40)49)50(44-25-14-12-21-37(44)33-16-5-3-6-17-33)45-26-15-27-46-47(45)41-30-28-34-18-9-10-22-38(34)48(41)51(46)35-19-7-4-8-20-35/h3-40H,1-2H3;3-32H,1-2H3. The van der Waals surface area contributed by atoms with Crippen molar-refractivity contribution in [3.63, 3.8) is 0 Å². The minimum Gasteiger partial charge on any atom is -0.309 e. The van der Waals surface area contributed by atoms with Crippen LogP contribution in [0.5, 0.6) is 0 Å². The van der Waals surface area contributed by atoms with Gasteiger partial charge in [-0.3, -0.25) is 0 Å². The summed E-state index contributed by atoms with van der Waals surface area (Å²) < 4.78 is 4.94. The minimum atomic E-state index is -0.159. The van der Waals surface area contributed by atoms with Crippen molar-refractivity contribution in [3.8, 4) is 78.1 Å². The highest BCUT2D eigenvalue weighted by Gasteiger charge is 2.38. The molecule has 540 valence electrons. The van der Waals surface area contributed by atoms with Crippen LogP contribution in [-0.2, 0) is 10.8 Å². The fraction of sp³-hybridized carbons (Fsp3) is 0.0545. The van der Waals surface area contributed by atoms with Crippen molar-refractivity contribution in [3.05, 3.63) is 435 Å². The summed E-state index contributed by atoms with van der Waals surface area (Å²) in [6, 6.07) is 151. The van der Waals surface area contributed by atoms with E-state index in [1.807, 2.05) is 0 Å². The van der Waals surface area contributed by atoms with E-state index in [4.69, 9.17) is 0 Å². The summed E-state index contributed by atoms with van der Waals surface area (Å²) in [5.74, 6) is 0. The van der Waals surface area contributed by atoms with Gasteiger partial charge in [-0.05, 0) is 174 Å². The number of fused-ring (bicyclic) bond motifs is 16. The Hall–Kier alpha value is -14.3. The smallest absolute Gasteiger partial charge is 0.0620 e. The summed E-state index contributed by atoms with van der Waals surface area (Å²) in [5, 5.41) is 9.82. The van der Waals surface area contributed by atoms with E-state index >= 15 is 0 Å². The quantitative estimate of drug-likeness (QED) is 0.121. The summed E-state index contributed by atoms with van der Waals surface area (Å²) in [7, 11) is 0. The Kier molecular flexibility index (Phi) is 16.2. The molecule has 4 heteroatoms. The number of aromatic nitrogens is 2. The molecule has 18 aromatic carbocycles. The van der Waals surface area contributed by atoms with Gasteiger partial charge in [0.05, 0.1) is 44.8 Å². The molecule has 0 radical (unpaired) electrons. The van der Waals surface area contributed by atoms with Crippen molar-refractivity contribution in [2.45, 2.75) is 38.5 Å². The molecular weight excluding hydrogens is 1380 g/mol. The Morgan fingerprint density at radius 2 is 0.535 bits per heavy atom. The molecule has 4 nitrogen and oxygen atoms in total. The number of nitrogens with zero attached hydrogens (tertiary/aromatic N) is 4. The first-order valence-electron chi connectivity index (χ1n) is 39.7. The molecule has 0 saturated heterocycles. The zero-order chi connectivity index (χ0) is 76.2. The zero-order valence-corrected chi connectivity index (χ0v) is 64.0. The highest BCUT2D eigenvalue weighted by atomic mass is 15.2. The molecule has 2 aliphatic rings. The third-order valence-corrected chi connectivity index (χ3v) is 24.4. The molecule has 0 atom stereocenters. The molecule has 2 heterocycles. The second-order valence-corrected chi connectivity index (χ2v) is 31.4. The summed E-state index contributed by atoms with van der Waals surface area (Å²) in [6.07, 6.45) is 0. The van der Waals surface area contributed by atoms with Gasteiger partial charge in [-0.2, -0.15) is 0 Å². The van der Waals surface area contributed by atoms with Crippen LogP contribution in [0.2, 0.25) is 0 Å². The Bertz CT molecular complexity index is 7130. The van der Waals surface area contributed by atoms with Crippen LogP contribution >= 0.6 is 0 Å². The van der Waals surface area contributed by atoms with Gasteiger partial charge in [-0.1, -0.05) is 355 Å². The number of benzene rings is 18. The molecule has 0 amide bonds. The summed E-state index contributed by atoms with van der Waals surface area (Å²) in [4.78, 5) is 5.04. The first-order valence-corrected chi connectivity index (χ1v) is 39.7. The second-order valence-electron chi connectivity index (χ2n) is 31.4. The van der Waals surface area contributed by atoms with Gasteiger partial charge >= 0.3 is 0 Å². The lowest BCUT2D eigenvalue weighted by Gasteiger charge is -2.30. The van der Waals surface area contributed by atoms with E-state index in [-0.39, 0.29) is 10.8 Å². The Balaban J connectivity index is 0.000000146. The van der Waals surface area contributed by atoms with Gasteiger partial charge < -0.3 is 18.9 Å². The van der Waals surface area contributed by atoms with Gasteiger partial charge in [0.25, 0.3) is 0 Å². The highest BCUT2D eigenvalue weighted by Crippen LogP contribution is 2.56. The molecule has 0 aliphatic heterocycles. The maximum Gasteiger partial charge on any atom is 0.0620 e. The minimum absolute atomic E-state index is 0.124. The maximum atomic E-state index is 2.53. The van der Waals surface area contributed by atoms with Crippen LogP contribution in [-0.4, -0.2) is 9.13 Å². The topological polar surface area (TPSA) is 16.3 Å². The maximum absolute atomic E-state index is 2.53. The number of anilines is 6. The largest absolute Gasteiger partial charge is 0.309 e. The van der Waals surface area contributed by atoms with Crippen molar-refractivity contribution in [2.75, 3.05) is 9.80 Å². The monoisotopic (exact) mass is 1460 g/mol. The molecule has 0 spiro atoms. The molecule has 2 aliphatic carbocycles. The van der Waals surface area contributed by atoms with Gasteiger partial charge in [0.2, 0.25) is 0 Å². The van der Waals surface area contributed by atoms with Gasteiger partial charge in [0.1, 0.15) is 0 Å². The van der Waals surface area contributed by atoms with Crippen LogP contribution < -0.4 is 9.80 Å². The van der Waals surface area contributed by atoms with Gasteiger partial charge in [-0.25, -0.2) is 0 Å². The first kappa shape index (κ1) is 67.8. The molecule has 22 rings (SSSR count). The lowest BCUT2D eigenvalue weighted by molar-refractivity contribution is 0.660. The lowest BCUT2D eigenvalue weighted by atomic mass is 9.82. The number of para-hydroxylation sites is 3. The number of hydrogen-bond donors (Lipinski definition) is 0. The third kappa shape index (κ3) is 11.0. The molecule has 0 unspecified atom stereocenters. The van der Waals surface area contributed by atoms with Gasteiger partial charge in [-0.15, -0.1) is 0 Å². The van der Waals surface area contributed by atoms with E-state index in [0.717, 1.165) is 51.0 Å². The van der Waals surface area contributed by atoms with Gasteiger partial charge in [0.15, 0.2) is 0 Å². The number of hydrogen-bond acceptors (Lipinski definition) is 2. The first-order chi connectivity index (χ1) is 56.1. The Morgan fingerprint density at radius 1 is 0.211 bits per heavy atom. The van der Waals surface area contributed by atoms with E-state index < -0.39 is 0 Å². The molecule has 2 aromatic heterocycles. The molecule has 0 bridgehead atoms. The lowest BCUT2D eigenvalue weighted by Crippen LogP contribution is -2.17. The molecule has 0 N–H and O–H groups in total. The fourth-order valence-corrected chi connectivity index (χ4v) is 18.9. The van der Waals surface area contributed by atoms with Crippen LogP contribution in [0.1, 0.15) is 49.9 Å². The SMILES string of the molecule is CC1(C)c2ccccc2-c2ccc(N(c3ccccc3-c3ccc(-c4ccccc4)cc3)c3cccc4c3c3ccc5ccccc5c3n4-c3ccc(-c4ccccc4)cc3)cc21.CC1(C)c2ccccc2-c2ccc(N(c3ccccc3-c3ccccc3)c3cccc4c3c3ccc5ccccc5c3n4-c3ccccc3)cc21. The van der Waals surface area contributed by atoms with Crippen molar-refractivity contribution in [1.82, 2.24) is 9.13 Å². The molecule has 0 saturated carbocycles. The third-order valence-electron chi connectivity index (χ3n) is 24.4. The van der Waals surface area contributed by atoms with E-state index in [2.05, 4.69) is 459 Å². The normalized spacial score (nSPS) is 12.9. The van der Waals surface area contributed by atoms with Crippen molar-refractivity contribution >= 4 is 99.3 Å². The summed E-state index contributed by atoms with van der Waals surface area (Å²) in [6.45, 7) is 9.47. The molecule has 20 aromatic rings. The Labute approximate surface area is 665 Å². The summed E-state index contributed by atoms with van der Waals surface area (Å²) >= 11 is 0. The van der Waals surface area contributed by atoms with Crippen molar-refractivity contribution < 1.29 is 0 Å². The van der Waals surface area contributed by atoms with Crippen LogP contribution in [0.15, 0.2) is 413 Å². The van der Waals surface area contributed by atoms with E-state index in [1.165, 1.54) is 149 Å². The molecule has 114 heavy (non-hydrogen) atoms. The zero-order valence-electron chi connectivity index (χ0n) is 64.0. The van der Waals surface area contributed by atoms with E-state index in [9.17, 15) is 0 Å². The van der Waals surface area contributed by atoms with E-state index in [1.54, 1.807) is 0 Å². The van der Waals surface area contributed by atoms with E-state index in [0.29, 0.717) is 0 Å². The van der Waals surface area contributed by atoms with Crippen LogP contribution in [0.25, 0.3) is 143 Å². The van der Waals surface area contributed by atoms with Crippen LogP contribution in [0, 0.1) is 0 Å². The molecule has 0 fully saturated rings. The van der Waals surface area contributed by atoms with Crippen LogP contribution in [0.3, 0.4) is 0 Å². The van der Waals surface area contributed by atoms with Crippen molar-refractivity contribution in [2.24, 2.45) is 0 Å². The predicted octanol–water partition coefficient (Wildman–Crippen LogP) is 30.1. The number of rotatable bonds is 12. The average molecular weight is 1460 g/mol. The fourth-order valence-electron chi connectivity index (χ4n) is 18.9. The highest BCUT2D eigenvalue weighted by molar-refractivity contribution is 6.25.